The van der Waals surface area contributed by atoms with Gasteiger partial charge in [-0.25, -0.2) is 4.79 Å². The highest BCUT2D eigenvalue weighted by molar-refractivity contribution is 6.56. The fourth-order valence-corrected chi connectivity index (χ4v) is 2.63. The third-order valence-electron chi connectivity index (χ3n) is 4.84. The van der Waals surface area contributed by atoms with Gasteiger partial charge in [-0.1, -0.05) is 18.2 Å². The molecule has 7 heteroatoms. The first-order chi connectivity index (χ1) is 12.8. The van der Waals surface area contributed by atoms with E-state index in [-0.39, 0.29) is 6.54 Å². The molecule has 0 radical (unpaired) electrons. The molecule has 1 N–H and O–H groups in total. The Morgan fingerprint density at radius 2 is 1.79 bits per heavy atom. The van der Waals surface area contributed by atoms with Crippen LogP contribution in [-0.4, -0.2) is 43.7 Å². The standard InChI is InChI=1S/C21H32BNO5/c1-19(2,3)26-18(24)23-14-16(12-15-10-9-11-17(13-15)25-8)22-27-20(4,5)21(6,7)28-22/h9-13H,14H2,1-8H3,(H,23,24). The topological polar surface area (TPSA) is 66.0 Å². The van der Waals surface area contributed by atoms with Crippen molar-refractivity contribution in [1.82, 2.24) is 5.32 Å². The van der Waals surface area contributed by atoms with Crippen LogP contribution in [0.15, 0.2) is 29.7 Å². The van der Waals surface area contributed by atoms with Gasteiger partial charge >= 0.3 is 13.2 Å². The van der Waals surface area contributed by atoms with Crippen LogP contribution in [0, 0.1) is 0 Å². The Balaban J connectivity index is 2.26. The van der Waals surface area contributed by atoms with Crippen molar-refractivity contribution in [2.75, 3.05) is 13.7 Å². The Labute approximate surface area is 168 Å². The monoisotopic (exact) mass is 389 g/mol. The lowest BCUT2D eigenvalue weighted by Gasteiger charge is -2.32. The predicted molar refractivity (Wildman–Crippen MR) is 111 cm³/mol. The van der Waals surface area contributed by atoms with Crippen LogP contribution in [0.25, 0.3) is 6.08 Å². The Hall–Kier alpha value is -1.99. The summed E-state index contributed by atoms with van der Waals surface area (Å²) in [6.07, 6.45) is 1.46. The highest BCUT2D eigenvalue weighted by Gasteiger charge is 2.52. The summed E-state index contributed by atoms with van der Waals surface area (Å²) in [5.74, 6) is 0.752. The average molecular weight is 389 g/mol. The zero-order chi connectivity index (χ0) is 21.2. The van der Waals surface area contributed by atoms with Gasteiger partial charge in [-0.3, -0.25) is 0 Å². The maximum absolute atomic E-state index is 12.1. The van der Waals surface area contributed by atoms with Crippen molar-refractivity contribution in [2.24, 2.45) is 0 Å². The van der Waals surface area contributed by atoms with Crippen molar-refractivity contribution >= 4 is 19.3 Å². The molecule has 2 rings (SSSR count). The largest absolute Gasteiger partial charge is 0.497 e. The van der Waals surface area contributed by atoms with Crippen LogP contribution in [-0.2, 0) is 14.0 Å². The van der Waals surface area contributed by atoms with E-state index in [1.807, 2.05) is 78.8 Å². The first-order valence-electron chi connectivity index (χ1n) is 9.50. The lowest BCUT2D eigenvalue weighted by molar-refractivity contribution is 0.00578. The maximum Gasteiger partial charge on any atom is 0.492 e. The Kier molecular flexibility index (Phi) is 6.51. The number of rotatable bonds is 5. The molecule has 1 heterocycles. The summed E-state index contributed by atoms with van der Waals surface area (Å²) in [6.45, 7) is 13.7. The lowest BCUT2D eigenvalue weighted by Crippen LogP contribution is -2.41. The van der Waals surface area contributed by atoms with Crippen LogP contribution in [0.4, 0.5) is 4.79 Å². The van der Waals surface area contributed by atoms with Gasteiger partial charge in [0.05, 0.1) is 18.3 Å². The number of ether oxygens (including phenoxy) is 2. The zero-order valence-electron chi connectivity index (χ0n) is 18.2. The normalized spacial score (nSPS) is 18.7. The molecule has 28 heavy (non-hydrogen) atoms. The van der Waals surface area contributed by atoms with Gasteiger partial charge < -0.3 is 24.1 Å². The average Bonchev–Trinajstić information content (AvgIpc) is 2.77. The highest BCUT2D eigenvalue weighted by Crippen LogP contribution is 2.38. The first-order valence-corrected chi connectivity index (χ1v) is 9.50. The van der Waals surface area contributed by atoms with E-state index in [4.69, 9.17) is 18.8 Å². The Morgan fingerprint density at radius 1 is 1.18 bits per heavy atom. The molecule has 6 nitrogen and oxygen atoms in total. The van der Waals surface area contributed by atoms with E-state index < -0.39 is 30.0 Å². The van der Waals surface area contributed by atoms with Crippen molar-refractivity contribution in [3.63, 3.8) is 0 Å². The molecule has 0 aliphatic carbocycles. The first kappa shape index (κ1) is 22.3. The zero-order valence-corrected chi connectivity index (χ0v) is 18.2. The second-order valence-electron chi connectivity index (χ2n) is 8.94. The van der Waals surface area contributed by atoms with Crippen molar-refractivity contribution in [3.05, 3.63) is 35.3 Å². The molecular formula is C21H32BNO5. The number of nitrogens with one attached hydrogen (secondary N) is 1. The van der Waals surface area contributed by atoms with Gasteiger partial charge in [0.2, 0.25) is 0 Å². The van der Waals surface area contributed by atoms with Gasteiger partial charge in [0.15, 0.2) is 0 Å². The number of hydrogen-bond donors (Lipinski definition) is 1. The summed E-state index contributed by atoms with van der Waals surface area (Å²) in [5.41, 5.74) is 0.201. The second-order valence-corrected chi connectivity index (χ2v) is 8.94. The van der Waals surface area contributed by atoms with Gasteiger partial charge in [0.1, 0.15) is 11.4 Å². The van der Waals surface area contributed by atoms with Crippen molar-refractivity contribution in [2.45, 2.75) is 65.3 Å². The quantitative estimate of drug-likeness (QED) is 0.764. The minimum Gasteiger partial charge on any atom is -0.497 e. The minimum atomic E-state index is -0.578. The van der Waals surface area contributed by atoms with E-state index in [1.54, 1.807) is 7.11 Å². The number of carbonyl (C=O) groups excluding carboxylic acids is 1. The smallest absolute Gasteiger partial charge is 0.492 e. The van der Waals surface area contributed by atoms with Crippen LogP contribution in [0.1, 0.15) is 54.0 Å². The number of amides is 1. The number of carbonyl (C=O) groups is 1. The van der Waals surface area contributed by atoms with E-state index in [0.29, 0.717) is 0 Å². The van der Waals surface area contributed by atoms with E-state index in [1.165, 1.54) is 0 Å². The summed E-state index contributed by atoms with van der Waals surface area (Å²) in [7, 11) is 1.05. The van der Waals surface area contributed by atoms with E-state index >= 15 is 0 Å². The number of methoxy groups -OCH3 is 1. The summed E-state index contributed by atoms with van der Waals surface area (Å²) in [6, 6.07) is 7.67. The molecule has 1 fully saturated rings. The fourth-order valence-electron chi connectivity index (χ4n) is 2.63. The Morgan fingerprint density at radius 3 is 2.32 bits per heavy atom. The maximum atomic E-state index is 12.1. The highest BCUT2D eigenvalue weighted by atomic mass is 16.7. The summed E-state index contributed by atoms with van der Waals surface area (Å²) < 4.78 is 23.0. The molecule has 0 bridgehead atoms. The number of hydrogen-bond acceptors (Lipinski definition) is 5. The molecule has 1 aliphatic heterocycles. The van der Waals surface area contributed by atoms with Crippen LogP contribution >= 0.6 is 0 Å². The molecule has 0 spiro atoms. The molecule has 1 amide bonds. The SMILES string of the molecule is COc1cccc(C=C(CNC(=O)OC(C)(C)C)B2OC(C)(C)C(C)(C)O2)c1. The van der Waals surface area contributed by atoms with Gasteiger partial charge in [-0.15, -0.1) is 0 Å². The van der Waals surface area contributed by atoms with Crippen LogP contribution < -0.4 is 10.1 Å². The van der Waals surface area contributed by atoms with E-state index in [0.717, 1.165) is 16.8 Å². The van der Waals surface area contributed by atoms with Gasteiger partial charge in [0, 0.05) is 6.54 Å². The van der Waals surface area contributed by atoms with Gasteiger partial charge in [-0.05, 0) is 71.6 Å². The summed E-state index contributed by atoms with van der Waals surface area (Å²) in [5, 5.41) is 2.80. The molecular weight excluding hydrogens is 357 g/mol. The third-order valence-corrected chi connectivity index (χ3v) is 4.84. The summed E-state index contributed by atoms with van der Waals surface area (Å²) in [4.78, 5) is 12.1. The fraction of sp³-hybridized carbons (Fsp3) is 0.571. The molecule has 0 aromatic heterocycles. The van der Waals surface area contributed by atoms with Crippen LogP contribution in [0.5, 0.6) is 5.75 Å². The van der Waals surface area contributed by atoms with Crippen molar-refractivity contribution in [1.29, 1.82) is 0 Å². The van der Waals surface area contributed by atoms with E-state index in [2.05, 4.69) is 5.32 Å². The molecule has 0 atom stereocenters. The molecule has 0 unspecified atom stereocenters. The molecule has 1 aromatic rings. The Bertz CT molecular complexity index is 721. The molecule has 1 saturated heterocycles. The molecule has 1 aliphatic rings. The van der Waals surface area contributed by atoms with E-state index in [9.17, 15) is 4.79 Å². The predicted octanol–water partition coefficient (Wildman–Crippen LogP) is 4.23. The summed E-state index contributed by atoms with van der Waals surface area (Å²) >= 11 is 0. The van der Waals surface area contributed by atoms with Gasteiger partial charge in [-0.2, -0.15) is 0 Å². The van der Waals surface area contributed by atoms with Crippen LogP contribution in [0.3, 0.4) is 0 Å². The molecule has 0 saturated carbocycles. The minimum absolute atomic E-state index is 0.239. The van der Waals surface area contributed by atoms with Crippen molar-refractivity contribution in [3.8, 4) is 5.75 Å². The van der Waals surface area contributed by atoms with Gasteiger partial charge in [0.25, 0.3) is 0 Å². The van der Waals surface area contributed by atoms with Crippen LogP contribution in [0.2, 0.25) is 0 Å². The molecule has 154 valence electrons. The van der Waals surface area contributed by atoms with Crippen molar-refractivity contribution < 1.29 is 23.6 Å². The molecule has 1 aromatic carbocycles. The number of alkyl carbamates (subject to hydrolysis) is 1. The third kappa shape index (κ3) is 5.75. The number of benzene rings is 1. The lowest BCUT2D eigenvalue weighted by atomic mass is 9.77. The second kappa shape index (κ2) is 8.17.